The number of carbonyl (C=O) groups excluding carboxylic acids is 2. The van der Waals surface area contributed by atoms with E-state index in [9.17, 15) is 79.4 Å². The van der Waals surface area contributed by atoms with Gasteiger partial charge in [0.05, 0.1) is 58.4 Å². The Morgan fingerprint density at radius 1 is 0.519 bits per heavy atom. The Labute approximate surface area is 459 Å². The number of rotatable bonds is 39. The highest BCUT2D eigenvalue weighted by atomic mass is 36.0. The van der Waals surface area contributed by atoms with Gasteiger partial charge in [0, 0.05) is 80.6 Å². The van der Waals surface area contributed by atoms with Crippen LogP contribution in [-0.2, 0) is 37.8 Å². The van der Waals surface area contributed by atoms with E-state index in [1.807, 2.05) is 0 Å². The van der Waals surface area contributed by atoms with Crippen molar-refractivity contribution in [3.8, 4) is 0 Å². The summed E-state index contributed by atoms with van der Waals surface area (Å²) in [4.78, 5) is 33.6. The number of likely N-dealkylation sites (N-methyl/N-ethyl adjacent to an activating group) is 2. The number of aliphatic hydroxyl groups excluding tert-OH is 10. The highest BCUT2D eigenvalue weighted by Crippen LogP contribution is 2.21. The monoisotopic (exact) mass is 1230 g/mol. The molecule has 8 atom stereocenters. The van der Waals surface area contributed by atoms with Crippen LogP contribution in [0, 0.1) is 0 Å². The summed E-state index contributed by atoms with van der Waals surface area (Å²) in [5, 5.41) is 103. The molecule has 0 aliphatic carbocycles. The maximum atomic E-state index is 12.0. The zero-order valence-electron chi connectivity index (χ0n) is 43.1. The van der Waals surface area contributed by atoms with Gasteiger partial charge in [-0.2, -0.15) is 39.5 Å². The third-order valence-corrected chi connectivity index (χ3v) is 10.0. The maximum absolute atomic E-state index is 12.0. The van der Waals surface area contributed by atoms with E-state index in [2.05, 4.69) is 26.7 Å². The normalized spacial score (nSPS) is 14.8. The number of carbonyl (C=O) groups is 3. The van der Waals surface area contributed by atoms with Crippen molar-refractivity contribution in [2.24, 2.45) is 0 Å². The van der Waals surface area contributed by atoms with Gasteiger partial charge in [0.25, 0.3) is 0 Å². The molecule has 77 heavy (non-hydrogen) atoms. The number of nitrogens with one attached hydrogen (secondary N) is 1. The predicted octanol–water partition coefficient (Wildman–Crippen LogP) is 4.15. The predicted molar refractivity (Wildman–Crippen MR) is 266 cm³/mol. The molecule has 1 amide bonds. The number of amides is 1. The quantitative estimate of drug-likeness (QED) is 0.0234. The van der Waals surface area contributed by atoms with E-state index in [4.69, 9.17) is 60.7 Å². The molecule has 0 saturated heterocycles. The molecular weight excluding hydrogens is 1150 g/mol. The smallest absolute Gasteiger partial charge is 0.391 e. The number of carboxylic acid groups (broad SMARTS) is 1. The molecule has 0 spiro atoms. The first-order valence-corrected chi connectivity index (χ1v) is 27.4. The Balaban J connectivity index is -0.000000305. The molecule has 0 saturated carbocycles. The summed E-state index contributed by atoms with van der Waals surface area (Å²) < 4.78 is 129. The van der Waals surface area contributed by atoms with Gasteiger partial charge in [-0.15, -0.1) is 0 Å². The van der Waals surface area contributed by atoms with Gasteiger partial charge < -0.3 is 80.6 Å². The van der Waals surface area contributed by atoms with E-state index in [1.54, 1.807) is 7.05 Å². The molecule has 0 aliphatic heterocycles. The first-order valence-electron chi connectivity index (χ1n) is 24.2. The first kappa shape index (κ1) is 84.3. The van der Waals surface area contributed by atoms with E-state index >= 15 is 0 Å². The van der Waals surface area contributed by atoms with Crippen LogP contribution in [0.2, 0.25) is 0 Å². The number of halogens is 12. The molecule has 0 aromatic carbocycles. The number of carboxylic acids is 1. The molecule has 0 aromatic heterocycles. The third kappa shape index (κ3) is 66.9. The average molecular weight is 1240 g/mol. The Bertz CT molecular complexity index is 1390. The maximum Gasteiger partial charge on any atom is 0.391 e. The second kappa shape index (κ2) is 52.5. The number of ether oxygens (including phenoxy) is 3. The summed E-state index contributed by atoms with van der Waals surface area (Å²) in [7, 11) is 10.4. The molecule has 33 heteroatoms. The highest BCUT2D eigenvalue weighted by molar-refractivity contribution is 8.26. The summed E-state index contributed by atoms with van der Waals surface area (Å²) in [6.07, 6.45) is -18.3. The summed E-state index contributed by atoms with van der Waals surface area (Å²) in [5.74, 6) is -1.11. The van der Waals surface area contributed by atoms with Crippen molar-refractivity contribution in [3.05, 3.63) is 0 Å². The molecular formula is C44H82Cl3F9N2O18S. The lowest BCUT2D eigenvalue weighted by molar-refractivity contribution is -0.146. The number of aliphatic hydroxyl groups is 10. The lowest BCUT2D eigenvalue weighted by Crippen LogP contribution is -2.49. The minimum absolute atomic E-state index is 0.0936. The number of nitrogens with zero attached hydrogens (tertiary/aromatic N) is 1. The van der Waals surface area contributed by atoms with Gasteiger partial charge in [0.15, 0.2) is 0 Å². The zero-order chi connectivity index (χ0) is 60.6. The van der Waals surface area contributed by atoms with Crippen molar-refractivity contribution in [3.63, 3.8) is 0 Å². The van der Waals surface area contributed by atoms with Crippen LogP contribution in [0.15, 0.2) is 0 Å². The highest BCUT2D eigenvalue weighted by Gasteiger charge is 2.32. The fourth-order valence-corrected chi connectivity index (χ4v) is 5.63. The molecule has 0 radical (unpaired) electrons. The SMILES string of the molecule is CN(CC(O)C(O)C(O)C(O)CO)C(=O)CCCCCCOCCC(F)(F)F.CNCC(O)C(O)C(O)C(O)CO.O=C(Cl)CCCCCCOCCC(F)(F)F.O=C(O)CCCCCCOCCC(F)(F)F.O=S(Cl)Cl. The fourth-order valence-electron chi connectivity index (χ4n) is 5.50. The first-order chi connectivity index (χ1) is 35.6. The van der Waals surface area contributed by atoms with Crippen LogP contribution in [-0.4, -0.2) is 230 Å². The molecule has 0 fully saturated rings. The zero-order valence-corrected chi connectivity index (χ0v) is 46.2. The number of hydrogen-bond acceptors (Lipinski definition) is 18. The van der Waals surface area contributed by atoms with E-state index in [0.717, 1.165) is 32.1 Å². The van der Waals surface area contributed by atoms with E-state index in [0.29, 0.717) is 64.6 Å². The Kier molecular flexibility index (Phi) is 57.5. The number of hydrogen-bond donors (Lipinski definition) is 12. The Hall–Kier alpha value is -1.56. The van der Waals surface area contributed by atoms with Crippen molar-refractivity contribution >= 4 is 59.3 Å². The third-order valence-electron chi connectivity index (χ3n) is 9.81. The molecule has 0 aromatic rings. The molecule has 8 unspecified atom stereocenters. The van der Waals surface area contributed by atoms with Crippen LogP contribution in [0.5, 0.6) is 0 Å². The van der Waals surface area contributed by atoms with E-state index < -0.39 is 115 Å². The van der Waals surface area contributed by atoms with Crippen LogP contribution in [0.4, 0.5) is 39.5 Å². The lowest BCUT2D eigenvalue weighted by Gasteiger charge is -2.28. The molecule has 0 heterocycles. The average Bonchev–Trinajstić information content (AvgIpc) is 3.32. The Morgan fingerprint density at radius 2 is 0.818 bits per heavy atom. The molecule has 0 aliphatic rings. The van der Waals surface area contributed by atoms with Crippen molar-refractivity contribution < 1.29 is 128 Å². The summed E-state index contributed by atoms with van der Waals surface area (Å²) in [6, 6.07) is 0. The standard InChI is InChI=1S/C17H32F3NO7.C10H16ClF3O2.C10H17F3O3.C7H17NO5.Cl2OS/c1-21(10-12(23)15(26)16(27)13(24)11-22)14(25)6-4-2-3-5-8-28-9-7-17(18,19)20;11-9(15)5-3-1-2-4-7-16-8-6-10(12,13)14;11-10(12,13)6-8-16-7-4-2-1-3-5-9(14)15;1-8-2-4(10)6(12)7(13)5(11)3-9;1-4(2)3/h12-13,15-16,22-24,26-27H,2-11H2,1H3;1-8H2;1-8H2,(H,14,15);4-13H,2-3H2,1H3;. The second-order valence-corrected chi connectivity index (χ2v) is 19.7. The van der Waals surface area contributed by atoms with Crippen LogP contribution < -0.4 is 5.32 Å². The molecule has 0 rings (SSSR count). The minimum Gasteiger partial charge on any atom is -0.481 e. The lowest BCUT2D eigenvalue weighted by atomic mass is 10.0. The van der Waals surface area contributed by atoms with Crippen LogP contribution in [0.25, 0.3) is 0 Å². The van der Waals surface area contributed by atoms with E-state index in [1.165, 1.54) is 11.9 Å². The van der Waals surface area contributed by atoms with Crippen molar-refractivity contribution in [1.82, 2.24) is 10.2 Å². The number of aliphatic carboxylic acids is 1. The fraction of sp³-hybridized carbons (Fsp3) is 0.932. The minimum atomic E-state index is -4.22. The van der Waals surface area contributed by atoms with Crippen LogP contribution in [0.3, 0.4) is 0 Å². The van der Waals surface area contributed by atoms with Gasteiger partial charge in [-0.3, -0.25) is 14.4 Å². The van der Waals surface area contributed by atoms with Crippen molar-refractivity contribution in [2.45, 2.75) is 183 Å². The van der Waals surface area contributed by atoms with Crippen LogP contribution >= 0.6 is 33.0 Å². The van der Waals surface area contributed by atoms with Crippen molar-refractivity contribution in [1.29, 1.82) is 0 Å². The Morgan fingerprint density at radius 3 is 1.12 bits per heavy atom. The van der Waals surface area contributed by atoms with Gasteiger partial charge in [0.2, 0.25) is 20.4 Å². The van der Waals surface area contributed by atoms with E-state index in [-0.39, 0.29) is 63.5 Å². The van der Waals surface area contributed by atoms with Crippen molar-refractivity contribution in [2.75, 3.05) is 80.0 Å². The van der Waals surface area contributed by atoms with Gasteiger partial charge in [-0.25, -0.2) is 4.21 Å². The number of unbranched alkanes of at least 4 members (excludes halogenated alkanes) is 9. The van der Waals surface area contributed by atoms with Gasteiger partial charge in [-0.1, -0.05) is 38.5 Å². The summed E-state index contributed by atoms with van der Waals surface area (Å²) in [5.41, 5.74) is 0. The molecule has 466 valence electrons. The molecule has 20 nitrogen and oxygen atoms in total. The second-order valence-electron chi connectivity index (χ2n) is 16.8. The van der Waals surface area contributed by atoms with Crippen LogP contribution in [0.1, 0.15) is 116 Å². The summed E-state index contributed by atoms with van der Waals surface area (Å²) in [6.45, 7) is -1.66. The topological polar surface area (TPSA) is 334 Å². The van der Waals surface area contributed by atoms with Gasteiger partial charge in [0.1, 0.15) is 42.7 Å². The number of alkyl halides is 9. The van der Waals surface area contributed by atoms with Gasteiger partial charge >= 0.3 is 24.5 Å². The molecule has 0 bridgehead atoms. The van der Waals surface area contributed by atoms with Gasteiger partial charge in [-0.05, 0) is 57.2 Å². The summed E-state index contributed by atoms with van der Waals surface area (Å²) >= 11 is 5.13. The molecule has 12 N–H and O–H groups in total. The largest absolute Gasteiger partial charge is 0.481 e.